The van der Waals surface area contributed by atoms with Crippen LogP contribution in [0.3, 0.4) is 0 Å². The van der Waals surface area contributed by atoms with E-state index in [1.807, 2.05) is 13.8 Å². The summed E-state index contributed by atoms with van der Waals surface area (Å²) in [7, 11) is 0. The first-order valence-electron chi connectivity index (χ1n) is 8.89. The van der Waals surface area contributed by atoms with E-state index in [1.165, 1.54) is 17.8 Å². The molecule has 5 nitrogen and oxygen atoms in total. The van der Waals surface area contributed by atoms with Crippen molar-refractivity contribution in [2.45, 2.75) is 59.3 Å². The average Bonchev–Trinajstić information content (AvgIpc) is 2.90. The molecule has 0 bridgehead atoms. The lowest BCUT2D eigenvalue weighted by molar-refractivity contribution is -0.124. The van der Waals surface area contributed by atoms with Gasteiger partial charge in [-0.2, -0.15) is 0 Å². The number of rotatable bonds is 5. The second-order valence-electron chi connectivity index (χ2n) is 6.19. The maximum Gasteiger partial charge on any atom is 0.341 e. The Morgan fingerprint density at radius 1 is 1.24 bits per heavy atom. The van der Waals surface area contributed by atoms with E-state index in [1.54, 1.807) is 6.92 Å². The number of hydrogen-bond donors (Lipinski definition) is 2. The topological polar surface area (TPSA) is 67.4 Å². The lowest BCUT2D eigenvalue weighted by Crippen LogP contribution is -2.39. The van der Waals surface area contributed by atoms with E-state index >= 15 is 0 Å². The van der Waals surface area contributed by atoms with Crippen LogP contribution in [-0.2, 0) is 16.0 Å². The van der Waals surface area contributed by atoms with Gasteiger partial charge in [0.2, 0.25) is 5.91 Å². The van der Waals surface area contributed by atoms with Crippen molar-refractivity contribution in [3.63, 3.8) is 0 Å². The molecule has 25 heavy (non-hydrogen) atoms. The Balaban J connectivity index is 2.09. The van der Waals surface area contributed by atoms with Gasteiger partial charge in [0.15, 0.2) is 5.11 Å². The van der Waals surface area contributed by atoms with E-state index in [-0.39, 0.29) is 22.9 Å². The van der Waals surface area contributed by atoms with Gasteiger partial charge in [0.05, 0.1) is 12.2 Å². The average molecular weight is 383 g/mol. The van der Waals surface area contributed by atoms with Crippen molar-refractivity contribution >= 4 is 45.5 Å². The van der Waals surface area contributed by atoms with Gasteiger partial charge in [0.25, 0.3) is 0 Å². The molecule has 1 saturated carbocycles. The molecule has 0 unspecified atom stereocenters. The first-order chi connectivity index (χ1) is 12.0. The van der Waals surface area contributed by atoms with Crippen LogP contribution in [0.15, 0.2) is 0 Å². The van der Waals surface area contributed by atoms with E-state index in [0.29, 0.717) is 17.2 Å². The van der Waals surface area contributed by atoms with Crippen LogP contribution in [0.2, 0.25) is 0 Å². The molecule has 2 N–H and O–H groups in total. The van der Waals surface area contributed by atoms with Crippen molar-refractivity contribution in [1.29, 1.82) is 0 Å². The zero-order chi connectivity index (χ0) is 18.4. The number of aryl methyl sites for hydroxylation is 1. The zero-order valence-electron chi connectivity index (χ0n) is 15.1. The molecule has 138 valence electrons. The number of ether oxygens (including phenoxy) is 1. The molecule has 0 atom stereocenters. The van der Waals surface area contributed by atoms with Crippen LogP contribution in [-0.4, -0.2) is 23.6 Å². The third-order valence-electron chi connectivity index (χ3n) is 4.48. The summed E-state index contributed by atoms with van der Waals surface area (Å²) >= 11 is 6.75. The van der Waals surface area contributed by atoms with Gasteiger partial charge in [-0.15, -0.1) is 11.3 Å². The third kappa shape index (κ3) is 5.01. The summed E-state index contributed by atoms with van der Waals surface area (Å²) in [6.07, 6.45) is 5.95. The van der Waals surface area contributed by atoms with Crippen molar-refractivity contribution in [2.75, 3.05) is 11.9 Å². The van der Waals surface area contributed by atoms with Crippen LogP contribution < -0.4 is 10.6 Å². The molecule has 2 rings (SSSR count). The summed E-state index contributed by atoms with van der Waals surface area (Å²) in [5, 5.41) is 6.69. The van der Waals surface area contributed by atoms with Crippen molar-refractivity contribution < 1.29 is 14.3 Å². The van der Waals surface area contributed by atoms with Crippen molar-refractivity contribution in [2.24, 2.45) is 5.92 Å². The van der Waals surface area contributed by atoms with Crippen LogP contribution >= 0.6 is 23.6 Å². The quantitative estimate of drug-likeness (QED) is 0.590. The minimum atomic E-state index is -0.354. The van der Waals surface area contributed by atoms with E-state index in [9.17, 15) is 9.59 Å². The van der Waals surface area contributed by atoms with Gasteiger partial charge in [-0.3, -0.25) is 4.79 Å². The third-order valence-corrected chi connectivity index (χ3v) is 5.75. The van der Waals surface area contributed by atoms with Gasteiger partial charge >= 0.3 is 5.97 Å². The summed E-state index contributed by atoms with van der Waals surface area (Å²) in [5.41, 5.74) is 1.49. The molecule has 0 aromatic carbocycles. The number of carbonyl (C=O) groups is 2. The Morgan fingerprint density at radius 3 is 2.52 bits per heavy atom. The van der Waals surface area contributed by atoms with Crippen LogP contribution in [0.25, 0.3) is 0 Å². The minimum Gasteiger partial charge on any atom is -0.462 e. The van der Waals surface area contributed by atoms with Crippen molar-refractivity contribution in [3.8, 4) is 0 Å². The fourth-order valence-electron chi connectivity index (χ4n) is 3.22. The highest BCUT2D eigenvalue weighted by Gasteiger charge is 2.25. The molecule has 1 heterocycles. The Bertz CT molecular complexity index is 649. The summed E-state index contributed by atoms with van der Waals surface area (Å²) in [5.74, 6) is -0.346. The number of nitrogens with one attached hydrogen (secondary N) is 2. The van der Waals surface area contributed by atoms with E-state index in [4.69, 9.17) is 17.0 Å². The molecule has 0 saturated heterocycles. The number of thiophene rings is 1. The van der Waals surface area contributed by atoms with Crippen LogP contribution in [0.5, 0.6) is 0 Å². The summed E-state index contributed by atoms with van der Waals surface area (Å²) in [6, 6.07) is 0. The van der Waals surface area contributed by atoms with Crippen molar-refractivity contribution in [1.82, 2.24) is 5.32 Å². The Hall–Kier alpha value is -1.47. The molecule has 1 fully saturated rings. The number of carbonyl (C=O) groups excluding carboxylic acids is 2. The summed E-state index contributed by atoms with van der Waals surface area (Å²) in [6.45, 7) is 6.08. The fourth-order valence-corrected chi connectivity index (χ4v) is 4.63. The standard InChI is InChI=1S/C18H26N2O3S2/c1-4-13-11(3)25-16(14(13)17(22)23-5-2)20-18(24)19-15(21)12-9-7-6-8-10-12/h12H,4-10H2,1-3H3,(H2,19,20,21,24). The Morgan fingerprint density at radius 2 is 1.92 bits per heavy atom. The molecule has 1 aliphatic rings. The highest BCUT2D eigenvalue weighted by atomic mass is 32.1. The summed E-state index contributed by atoms with van der Waals surface area (Å²) in [4.78, 5) is 25.7. The molecular weight excluding hydrogens is 356 g/mol. The van der Waals surface area contributed by atoms with Crippen LogP contribution in [0.4, 0.5) is 5.00 Å². The van der Waals surface area contributed by atoms with Gasteiger partial charge in [-0.25, -0.2) is 4.79 Å². The molecule has 7 heteroatoms. The number of anilines is 1. The predicted octanol–water partition coefficient (Wildman–Crippen LogP) is 4.19. The van der Waals surface area contributed by atoms with Crippen molar-refractivity contribution in [3.05, 3.63) is 16.0 Å². The SMILES string of the molecule is CCOC(=O)c1c(NC(=S)NC(=O)C2CCCCC2)sc(C)c1CC. The molecule has 1 amide bonds. The molecule has 1 aliphatic carbocycles. The first-order valence-corrected chi connectivity index (χ1v) is 10.1. The lowest BCUT2D eigenvalue weighted by Gasteiger charge is -2.21. The molecule has 0 spiro atoms. The molecule has 1 aromatic rings. The highest BCUT2D eigenvalue weighted by molar-refractivity contribution is 7.80. The van der Waals surface area contributed by atoms with Gasteiger partial charge in [0.1, 0.15) is 5.00 Å². The zero-order valence-corrected chi connectivity index (χ0v) is 16.7. The smallest absolute Gasteiger partial charge is 0.341 e. The minimum absolute atomic E-state index is 0.0288. The highest BCUT2D eigenvalue weighted by Crippen LogP contribution is 2.34. The van der Waals surface area contributed by atoms with Gasteiger partial charge in [0, 0.05) is 10.8 Å². The maximum atomic E-state index is 12.3. The monoisotopic (exact) mass is 382 g/mol. The van der Waals surface area contributed by atoms with E-state index in [2.05, 4.69) is 10.6 Å². The van der Waals surface area contributed by atoms with Crippen LogP contribution in [0, 0.1) is 12.8 Å². The number of hydrogen-bond acceptors (Lipinski definition) is 5. The van der Waals surface area contributed by atoms with Gasteiger partial charge in [-0.1, -0.05) is 26.2 Å². The normalized spacial score (nSPS) is 14.8. The molecule has 0 aliphatic heterocycles. The molecule has 1 aromatic heterocycles. The predicted molar refractivity (Wildman–Crippen MR) is 105 cm³/mol. The lowest BCUT2D eigenvalue weighted by atomic mass is 9.89. The van der Waals surface area contributed by atoms with Gasteiger partial charge in [-0.05, 0) is 50.9 Å². The second kappa shape index (κ2) is 9.29. The Kier molecular flexibility index (Phi) is 7.38. The molecule has 0 radical (unpaired) electrons. The second-order valence-corrected chi connectivity index (χ2v) is 7.83. The van der Waals surface area contributed by atoms with Crippen LogP contribution in [0.1, 0.15) is 66.8 Å². The van der Waals surface area contributed by atoms with E-state index in [0.717, 1.165) is 42.5 Å². The first kappa shape index (κ1) is 19.8. The summed E-state index contributed by atoms with van der Waals surface area (Å²) < 4.78 is 5.18. The maximum absolute atomic E-state index is 12.3. The Labute approximate surface area is 158 Å². The number of esters is 1. The number of thiocarbonyl (C=S) groups is 1. The largest absolute Gasteiger partial charge is 0.462 e. The fraction of sp³-hybridized carbons (Fsp3) is 0.611. The molecular formula is C18H26N2O3S2. The van der Waals surface area contributed by atoms with Gasteiger partial charge < -0.3 is 15.4 Å². The van der Waals surface area contributed by atoms with E-state index < -0.39 is 0 Å². The number of amides is 1.